The first-order valence-corrected chi connectivity index (χ1v) is 8.77. The number of amides is 1. The number of methoxy groups -OCH3 is 1. The Morgan fingerprint density at radius 1 is 1.15 bits per heavy atom. The highest BCUT2D eigenvalue weighted by molar-refractivity contribution is 8.14. The third kappa shape index (κ3) is 3.70. The number of thioether (sulfide) groups is 1. The first kappa shape index (κ1) is 18.7. The molecule has 1 heterocycles. The molecule has 27 heavy (non-hydrogen) atoms. The lowest BCUT2D eigenvalue weighted by Crippen LogP contribution is -2.42. The van der Waals surface area contributed by atoms with Gasteiger partial charge >= 0.3 is 5.97 Å². The van der Waals surface area contributed by atoms with Crippen molar-refractivity contribution >= 4 is 34.5 Å². The highest BCUT2D eigenvalue weighted by atomic mass is 32.2. The lowest BCUT2D eigenvalue weighted by Gasteiger charge is -2.21. The molecule has 2 N–H and O–H groups in total. The molecule has 0 aliphatic carbocycles. The minimum Gasteiger partial charge on any atom is -0.496 e. The number of hydrogen-bond acceptors (Lipinski definition) is 6. The number of fused-ring (bicyclic) bond motifs is 1. The molecule has 0 fully saturated rings. The maximum absolute atomic E-state index is 12.8. The SMILES string of the molecule is COc1ccccc1-c1ccc2c(c1)C(=O)C(C(=O)NCC(=O)O)C(=O)S2. The van der Waals surface area contributed by atoms with Crippen LogP contribution in [0.5, 0.6) is 5.75 Å². The molecule has 0 aromatic heterocycles. The zero-order valence-corrected chi connectivity index (χ0v) is 15.0. The van der Waals surface area contributed by atoms with E-state index in [0.29, 0.717) is 16.2 Å². The summed E-state index contributed by atoms with van der Waals surface area (Å²) in [7, 11) is 1.54. The van der Waals surface area contributed by atoms with Crippen LogP contribution in [-0.4, -0.2) is 41.5 Å². The van der Waals surface area contributed by atoms with Gasteiger partial charge in [0.2, 0.25) is 11.0 Å². The van der Waals surface area contributed by atoms with E-state index in [1.807, 2.05) is 18.2 Å². The molecular formula is C19H15NO6S. The Labute approximate surface area is 158 Å². The fourth-order valence-corrected chi connectivity index (χ4v) is 3.74. The summed E-state index contributed by atoms with van der Waals surface area (Å²) in [5, 5.41) is 10.1. The van der Waals surface area contributed by atoms with Crippen LogP contribution >= 0.6 is 11.8 Å². The Hall–Kier alpha value is -3.13. The predicted octanol–water partition coefficient (Wildman–Crippen LogP) is 1.99. The number of rotatable bonds is 5. The van der Waals surface area contributed by atoms with Crippen molar-refractivity contribution in [2.45, 2.75) is 4.90 Å². The van der Waals surface area contributed by atoms with E-state index in [9.17, 15) is 19.2 Å². The zero-order valence-electron chi connectivity index (χ0n) is 14.2. The molecule has 2 aromatic carbocycles. The summed E-state index contributed by atoms with van der Waals surface area (Å²) in [6, 6.07) is 12.3. The normalized spacial score (nSPS) is 15.8. The van der Waals surface area contributed by atoms with Crippen LogP contribution in [0, 0.1) is 5.92 Å². The van der Waals surface area contributed by atoms with Gasteiger partial charge in [0.25, 0.3) is 0 Å². The van der Waals surface area contributed by atoms with Crippen LogP contribution in [0.2, 0.25) is 0 Å². The summed E-state index contributed by atoms with van der Waals surface area (Å²) in [5.74, 6) is -3.75. The monoisotopic (exact) mass is 385 g/mol. The fraction of sp³-hybridized carbons (Fsp3) is 0.158. The quantitative estimate of drug-likeness (QED) is 0.758. The van der Waals surface area contributed by atoms with Gasteiger partial charge in [0.15, 0.2) is 11.7 Å². The Kier molecular flexibility index (Phi) is 5.27. The second-order valence-electron chi connectivity index (χ2n) is 5.74. The van der Waals surface area contributed by atoms with Gasteiger partial charge in [0.1, 0.15) is 12.3 Å². The third-order valence-corrected chi connectivity index (χ3v) is 5.06. The summed E-state index contributed by atoms with van der Waals surface area (Å²) < 4.78 is 5.34. The van der Waals surface area contributed by atoms with Crippen molar-refractivity contribution in [3.8, 4) is 16.9 Å². The predicted molar refractivity (Wildman–Crippen MR) is 97.8 cm³/mol. The molecule has 3 rings (SSSR count). The number of para-hydroxylation sites is 1. The van der Waals surface area contributed by atoms with Gasteiger partial charge < -0.3 is 15.2 Å². The van der Waals surface area contributed by atoms with Gasteiger partial charge in [-0.1, -0.05) is 24.3 Å². The van der Waals surface area contributed by atoms with Gasteiger partial charge in [0.05, 0.1) is 7.11 Å². The highest BCUT2D eigenvalue weighted by Crippen LogP contribution is 2.38. The van der Waals surface area contributed by atoms with Crippen molar-refractivity contribution in [1.82, 2.24) is 5.32 Å². The molecule has 1 atom stereocenters. The van der Waals surface area contributed by atoms with Crippen molar-refractivity contribution in [2.75, 3.05) is 13.7 Å². The van der Waals surface area contributed by atoms with Crippen LogP contribution in [0.1, 0.15) is 10.4 Å². The molecule has 2 aromatic rings. The van der Waals surface area contributed by atoms with E-state index in [2.05, 4.69) is 5.32 Å². The van der Waals surface area contributed by atoms with E-state index in [4.69, 9.17) is 9.84 Å². The van der Waals surface area contributed by atoms with Gasteiger partial charge in [-0.05, 0) is 35.5 Å². The minimum atomic E-state index is -1.56. The van der Waals surface area contributed by atoms with Crippen LogP contribution in [-0.2, 0) is 14.4 Å². The molecule has 0 radical (unpaired) electrons. The van der Waals surface area contributed by atoms with Gasteiger partial charge in [-0.2, -0.15) is 0 Å². The highest BCUT2D eigenvalue weighted by Gasteiger charge is 2.40. The summed E-state index contributed by atoms with van der Waals surface area (Å²) in [6.45, 7) is -0.658. The molecule has 1 unspecified atom stereocenters. The molecule has 1 aliphatic heterocycles. The maximum Gasteiger partial charge on any atom is 0.322 e. The number of ketones is 1. The molecule has 1 aliphatic rings. The minimum absolute atomic E-state index is 0.249. The fourth-order valence-electron chi connectivity index (χ4n) is 2.78. The Balaban J connectivity index is 1.97. The van der Waals surface area contributed by atoms with Crippen LogP contribution < -0.4 is 10.1 Å². The molecule has 0 bridgehead atoms. The molecule has 7 nitrogen and oxygen atoms in total. The first-order chi connectivity index (χ1) is 12.9. The van der Waals surface area contributed by atoms with E-state index < -0.39 is 35.2 Å². The van der Waals surface area contributed by atoms with Crippen molar-refractivity contribution in [3.63, 3.8) is 0 Å². The first-order valence-electron chi connectivity index (χ1n) is 7.95. The number of hydrogen-bond donors (Lipinski definition) is 2. The van der Waals surface area contributed by atoms with Crippen molar-refractivity contribution in [2.24, 2.45) is 5.92 Å². The summed E-state index contributed by atoms with van der Waals surface area (Å²) >= 11 is 0.801. The molecule has 138 valence electrons. The summed E-state index contributed by atoms with van der Waals surface area (Å²) in [5.41, 5.74) is 1.72. The van der Waals surface area contributed by atoms with E-state index in [1.165, 1.54) is 0 Å². The van der Waals surface area contributed by atoms with Crippen molar-refractivity contribution in [3.05, 3.63) is 48.0 Å². The second kappa shape index (κ2) is 7.63. The smallest absolute Gasteiger partial charge is 0.322 e. The number of carbonyl (C=O) groups is 4. The number of carboxylic acid groups (broad SMARTS) is 1. The van der Waals surface area contributed by atoms with Crippen molar-refractivity contribution in [1.29, 1.82) is 0 Å². The van der Waals surface area contributed by atoms with Gasteiger partial charge in [-0.25, -0.2) is 0 Å². The van der Waals surface area contributed by atoms with Gasteiger partial charge in [-0.3, -0.25) is 19.2 Å². The molecular weight excluding hydrogens is 370 g/mol. The Morgan fingerprint density at radius 2 is 1.89 bits per heavy atom. The lowest BCUT2D eigenvalue weighted by molar-refractivity contribution is -0.139. The number of benzene rings is 2. The number of nitrogens with one attached hydrogen (secondary N) is 1. The average Bonchev–Trinajstić information content (AvgIpc) is 2.66. The molecule has 1 amide bonds. The second-order valence-corrected chi connectivity index (χ2v) is 6.79. The van der Waals surface area contributed by atoms with E-state index in [-0.39, 0.29) is 5.56 Å². The molecule has 8 heteroatoms. The van der Waals surface area contributed by atoms with Gasteiger partial charge in [0, 0.05) is 16.0 Å². The van der Waals surface area contributed by atoms with Crippen LogP contribution in [0.3, 0.4) is 0 Å². The number of aliphatic carboxylic acids is 1. The summed E-state index contributed by atoms with van der Waals surface area (Å²) in [4.78, 5) is 48.2. The van der Waals surface area contributed by atoms with E-state index >= 15 is 0 Å². The average molecular weight is 385 g/mol. The molecule has 0 saturated carbocycles. The Morgan fingerprint density at radius 3 is 2.59 bits per heavy atom. The zero-order chi connectivity index (χ0) is 19.6. The van der Waals surface area contributed by atoms with Crippen LogP contribution in [0.4, 0.5) is 0 Å². The van der Waals surface area contributed by atoms with Crippen LogP contribution in [0.15, 0.2) is 47.4 Å². The third-order valence-electron chi connectivity index (χ3n) is 4.05. The number of ether oxygens (including phenoxy) is 1. The van der Waals surface area contributed by atoms with E-state index in [1.54, 1.807) is 31.4 Å². The van der Waals surface area contributed by atoms with Gasteiger partial charge in [-0.15, -0.1) is 0 Å². The standard InChI is InChI=1S/C19H15NO6S/c1-26-13-5-3-2-4-11(13)10-6-7-14-12(8-10)17(23)16(19(25)27-14)18(24)20-9-15(21)22/h2-8,16H,9H2,1H3,(H,20,24)(H,21,22). The largest absolute Gasteiger partial charge is 0.496 e. The summed E-state index contributed by atoms with van der Waals surface area (Å²) in [6.07, 6.45) is 0. The number of carboxylic acids is 1. The Bertz CT molecular complexity index is 955. The van der Waals surface area contributed by atoms with E-state index in [0.717, 1.165) is 17.3 Å². The number of Topliss-reactive ketones (excluding diaryl/α,β-unsaturated/α-hetero) is 1. The number of carbonyl (C=O) groups excluding carboxylic acids is 3. The molecule has 0 spiro atoms. The van der Waals surface area contributed by atoms with Crippen LogP contribution in [0.25, 0.3) is 11.1 Å². The molecule has 0 saturated heterocycles. The lowest BCUT2D eigenvalue weighted by atomic mass is 9.94. The topological polar surface area (TPSA) is 110 Å². The van der Waals surface area contributed by atoms with Crippen molar-refractivity contribution < 1.29 is 29.0 Å². The maximum atomic E-state index is 12.8.